The first-order valence-corrected chi connectivity index (χ1v) is 11.0. The van der Waals surface area contributed by atoms with E-state index >= 15 is 0 Å². The van der Waals surface area contributed by atoms with E-state index in [1.165, 1.54) is 20.2 Å². The molecule has 0 bridgehead atoms. The first kappa shape index (κ1) is 21.7. The number of pyridine rings is 1. The molecule has 0 aliphatic heterocycles. The summed E-state index contributed by atoms with van der Waals surface area (Å²) < 4.78 is 28.4. The SMILES string of the molecule is Cc1cc(C(=O)N=c2ccccn2Cc2ccccc2)cc(S(=O)(=O)N(C)C)c1C. The summed E-state index contributed by atoms with van der Waals surface area (Å²) in [7, 11) is -0.730. The molecule has 3 rings (SSSR count). The van der Waals surface area contributed by atoms with Gasteiger partial charge < -0.3 is 4.57 Å². The number of carbonyl (C=O) groups is 1. The van der Waals surface area contributed by atoms with Crippen molar-refractivity contribution in [1.29, 1.82) is 0 Å². The number of benzene rings is 2. The van der Waals surface area contributed by atoms with Gasteiger partial charge in [-0.1, -0.05) is 36.4 Å². The number of aryl methyl sites for hydroxylation is 1. The Kier molecular flexibility index (Phi) is 6.34. The van der Waals surface area contributed by atoms with E-state index in [0.717, 1.165) is 15.4 Å². The highest BCUT2D eigenvalue weighted by Gasteiger charge is 2.22. The smallest absolute Gasteiger partial charge is 0.279 e. The first-order valence-electron chi connectivity index (χ1n) is 9.52. The van der Waals surface area contributed by atoms with Gasteiger partial charge in [-0.15, -0.1) is 0 Å². The van der Waals surface area contributed by atoms with Crippen LogP contribution in [0.15, 0.2) is 76.7 Å². The van der Waals surface area contributed by atoms with Crippen LogP contribution in [0.2, 0.25) is 0 Å². The van der Waals surface area contributed by atoms with E-state index in [1.807, 2.05) is 53.2 Å². The number of hydrogen-bond acceptors (Lipinski definition) is 3. The molecule has 7 heteroatoms. The van der Waals surface area contributed by atoms with Crippen LogP contribution in [-0.2, 0) is 16.6 Å². The third-order valence-electron chi connectivity index (χ3n) is 4.95. The van der Waals surface area contributed by atoms with E-state index < -0.39 is 15.9 Å². The number of hydrogen-bond donors (Lipinski definition) is 0. The standard InChI is InChI=1S/C23H25N3O3S/c1-17-14-20(15-21(18(17)2)30(28,29)25(3)4)23(27)24-22-12-8-9-13-26(22)16-19-10-6-5-7-11-19/h5-15H,16H2,1-4H3. The second kappa shape index (κ2) is 8.77. The summed E-state index contributed by atoms with van der Waals surface area (Å²) in [5, 5.41) is 0. The second-order valence-corrected chi connectivity index (χ2v) is 9.41. The average Bonchev–Trinajstić information content (AvgIpc) is 2.71. The van der Waals surface area contributed by atoms with Gasteiger partial charge in [0, 0.05) is 32.4 Å². The Hall–Kier alpha value is -3.03. The van der Waals surface area contributed by atoms with Gasteiger partial charge in [-0.3, -0.25) is 4.79 Å². The minimum atomic E-state index is -3.67. The van der Waals surface area contributed by atoms with Crippen molar-refractivity contribution in [2.45, 2.75) is 25.3 Å². The zero-order chi connectivity index (χ0) is 21.9. The quantitative estimate of drug-likeness (QED) is 0.633. The highest BCUT2D eigenvalue weighted by atomic mass is 32.2. The lowest BCUT2D eigenvalue weighted by molar-refractivity contribution is 0.0997. The van der Waals surface area contributed by atoms with Gasteiger partial charge in [0.05, 0.1) is 4.90 Å². The number of sulfonamides is 1. The number of carbonyl (C=O) groups excluding carboxylic acids is 1. The van der Waals surface area contributed by atoms with Gasteiger partial charge >= 0.3 is 0 Å². The van der Waals surface area contributed by atoms with Crippen LogP contribution in [0, 0.1) is 13.8 Å². The first-order chi connectivity index (χ1) is 14.2. The molecule has 0 fully saturated rings. The number of nitrogens with zero attached hydrogens (tertiary/aromatic N) is 3. The summed E-state index contributed by atoms with van der Waals surface area (Å²) in [6.07, 6.45) is 1.86. The highest BCUT2D eigenvalue weighted by Crippen LogP contribution is 2.23. The zero-order valence-corrected chi connectivity index (χ0v) is 18.3. The van der Waals surface area contributed by atoms with Crippen molar-refractivity contribution in [3.05, 3.63) is 94.6 Å². The summed E-state index contributed by atoms with van der Waals surface area (Å²) in [4.78, 5) is 17.3. The van der Waals surface area contributed by atoms with Crippen LogP contribution in [0.3, 0.4) is 0 Å². The number of rotatable bonds is 5. The third-order valence-corrected chi connectivity index (χ3v) is 6.90. The molecule has 6 nitrogen and oxygen atoms in total. The molecule has 0 spiro atoms. The van der Waals surface area contributed by atoms with Crippen LogP contribution in [0.4, 0.5) is 0 Å². The molecule has 1 heterocycles. The molecular formula is C23H25N3O3S. The van der Waals surface area contributed by atoms with Crippen molar-refractivity contribution in [3.63, 3.8) is 0 Å². The van der Waals surface area contributed by atoms with Crippen molar-refractivity contribution in [3.8, 4) is 0 Å². The molecule has 1 amide bonds. The number of aromatic nitrogens is 1. The van der Waals surface area contributed by atoms with E-state index in [4.69, 9.17) is 0 Å². The Balaban J connectivity index is 2.05. The molecule has 0 atom stereocenters. The van der Waals surface area contributed by atoms with Gasteiger partial charge in [-0.05, 0) is 54.8 Å². The maximum atomic E-state index is 12.9. The summed E-state index contributed by atoms with van der Waals surface area (Å²) in [6.45, 7) is 4.10. The fourth-order valence-corrected chi connectivity index (χ4v) is 4.28. The van der Waals surface area contributed by atoms with E-state index in [2.05, 4.69) is 4.99 Å². The fraction of sp³-hybridized carbons (Fsp3) is 0.217. The van der Waals surface area contributed by atoms with Gasteiger partial charge in [0.15, 0.2) is 0 Å². The van der Waals surface area contributed by atoms with Gasteiger partial charge in [0.25, 0.3) is 5.91 Å². The molecule has 30 heavy (non-hydrogen) atoms. The van der Waals surface area contributed by atoms with E-state index in [-0.39, 0.29) is 10.5 Å². The monoisotopic (exact) mass is 423 g/mol. The largest absolute Gasteiger partial charge is 0.328 e. The van der Waals surface area contributed by atoms with Gasteiger partial charge in [-0.25, -0.2) is 12.7 Å². The lowest BCUT2D eigenvalue weighted by atomic mass is 10.1. The molecule has 0 radical (unpaired) electrons. The normalized spacial score (nSPS) is 12.4. The topological polar surface area (TPSA) is 71.7 Å². The Morgan fingerprint density at radius 1 is 1.00 bits per heavy atom. The highest BCUT2D eigenvalue weighted by molar-refractivity contribution is 7.89. The molecule has 0 unspecified atom stereocenters. The second-order valence-electron chi connectivity index (χ2n) is 7.29. The van der Waals surface area contributed by atoms with Gasteiger partial charge in [0.2, 0.25) is 10.0 Å². The Bertz CT molecular complexity index is 1240. The maximum absolute atomic E-state index is 12.9. The van der Waals surface area contributed by atoms with Crippen molar-refractivity contribution in [1.82, 2.24) is 8.87 Å². The zero-order valence-electron chi connectivity index (χ0n) is 17.5. The summed E-state index contributed by atoms with van der Waals surface area (Å²) in [5.41, 5.74) is 3.18. The predicted molar refractivity (Wildman–Crippen MR) is 117 cm³/mol. The van der Waals surface area contributed by atoms with Crippen molar-refractivity contribution < 1.29 is 13.2 Å². The summed E-state index contributed by atoms with van der Waals surface area (Å²) in [6, 6.07) is 18.4. The van der Waals surface area contributed by atoms with Crippen LogP contribution in [0.5, 0.6) is 0 Å². The molecule has 0 aliphatic carbocycles. The molecule has 0 saturated carbocycles. The van der Waals surface area contributed by atoms with E-state index in [9.17, 15) is 13.2 Å². The fourth-order valence-electron chi connectivity index (χ4n) is 3.07. The minimum Gasteiger partial charge on any atom is -0.328 e. The molecular weight excluding hydrogens is 398 g/mol. The van der Waals surface area contributed by atoms with Crippen LogP contribution in [-0.4, -0.2) is 37.3 Å². The van der Waals surface area contributed by atoms with Crippen LogP contribution >= 0.6 is 0 Å². The van der Waals surface area contributed by atoms with Gasteiger partial charge in [0.1, 0.15) is 5.49 Å². The maximum Gasteiger partial charge on any atom is 0.279 e. The predicted octanol–water partition coefficient (Wildman–Crippen LogP) is 3.14. The lowest BCUT2D eigenvalue weighted by Gasteiger charge is -2.16. The minimum absolute atomic E-state index is 0.122. The Morgan fingerprint density at radius 2 is 1.67 bits per heavy atom. The van der Waals surface area contributed by atoms with Crippen LogP contribution < -0.4 is 5.49 Å². The number of amides is 1. The molecule has 2 aromatic carbocycles. The van der Waals surface area contributed by atoms with E-state index in [0.29, 0.717) is 17.6 Å². The van der Waals surface area contributed by atoms with Crippen molar-refractivity contribution in [2.75, 3.05) is 14.1 Å². The van der Waals surface area contributed by atoms with Crippen molar-refractivity contribution >= 4 is 15.9 Å². The molecule has 3 aromatic rings. The molecule has 1 aromatic heterocycles. The molecule has 0 aliphatic rings. The van der Waals surface area contributed by atoms with E-state index in [1.54, 1.807) is 26.0 Å². The molecule has 156 valence electrons. The lowest BCUT2D eigenvalue weighted by Crippen LogP contribution is -2.24. The summed E-state index contributed by atoms with van der Waals surface area (Å²) in [5.74, 6) is -0.485. The summed E-state index contributed by atoms with van der Waals surface area (Å²) >= 11 is 0. The van der Waals surface area contributed by atoms with Crippen LogP contribution in [0.25, 0.3) is 0 Å². The van der Waals surface area contributed by atoms with Gasteiger partial charge in [-0.2, -0.15) is 4.99 Å². The molecule has 0 saturated heterocycles. The Labute approximate surface area is 177 Å². The third kappa shape index (κ3) is 4.58. The Morgan fingerprint density at radius 3 is 2.33 bits per heavy atom. The average molecular weight is 424 g/mol. The van der Waals surface area contributed by atoms with Crippen molar-refractivity contribution in [2.24, 2.45) is 4.99 Å². The molecule has 0 N–H and O–H groups in total. The van der Waals surface area contributed by atoms with Crippen LogP contribution in [0.1, 0.15) is 27.0 Å².